The Morgan fingerprint density at radius 2 is 1.93 bits per heavy atom. The predicted molar refractivity (Wildman–Crippen MR) is 113 cm³/mol. The van der Waals surface area contributed by atoms with Gasteiger partial charge in [0.2, 0.25) is 0 Å². The summed E-state index contributed by atoms with van der Waals surface area (Å²) in [6, 6.07) is 11.1. The molecule has 0 spiro atoms. The number of benzene rings is 1. The van der Waals surface area contributed by atoms with Gasteiger partial charge < -0.3 is 14.5 Å². The van der Waals surface area contributed by atoms with Gasteiger partial charge in [0, 0.05) is 17.8 Å². The van der Waals surface area contributed by atoms with Crippen molar-refractivity contribution in [3.8, 4) is 0 Å². The summed E-state index contributed by atoms with van der Waals surface area (Å²) >= 11 is 7.15. The van der Waals surface area contributed by atoms with E-state index in [1.807, 2.05) is 31.2 Å². The number of anilines is 2. The first-order valence-corrected chi connectivity index (χ1v) is 10.5. The molecule has 0 unspecified atom stereocenters. The fraction of sp³-hybridized carbons (Fsp3) is 0.350. The van der Waals surface area contributed by atoms with E-state index in [0.717, 1.165) is 23.8 Å². The van der Waals surface area contributed by atoms with Gasteiger partial charge in [-0.15, -0.1) is 11.3 Å². The fourth-order valence-corrected chi connectivity index (χ4v) is 4.38. The van der Waals surface area contributed by atoms with Gasteiger partial charge in [-0.25, -0.2) is 4.79 Å². The zero-order valence-corrected chi connectivity index (χ0v) is 17.4. The zero-order valence-electron chi connectivity index (χ0n) is 15.8. The number of nitrogens with zero attached hydrogens (tertiary/aromatic N) is 3. The van der Waals surface area contributed by atoms with Crippen molar-refractivity contribution in [2.45, 2.75) is 25.9 Å². The Balaban J connectivity index is 1.36. The number of ketones is 1. The van der Waals surface area contributed by atoms with E-state index in [0.29, 0.717) is 35.2 Å². The maximum atomic E-state index is 12.3. The summed E-state index contributed by atoms with van der Waals surface area (Å²) in [5.41, 5.74) is 1.75. The van der Waals surface area contributed by atoms with E-state index in [-0.39, 0.29) is 11.9 Å². The fourth-order valence-electron chi connectivity index (χ4n) is 3.37. The number of hydrogen-bond donors (Lipinski definition) is 0. The Morgan fingerprint density at radius 1 is 1.21 bits per heavy atom. The van der Waals surface area contributed by atoms with E-state index in [1.54, 1.807) is 17.0 Å². The van der Waals surface area contributed by atoms with Gasteiger partial charge >= 0.3 is 6.09 Å². The predicted octanol–water partition coefficient (Wildman–Crippen LogP) is 4.56. The number of Topliss-reactive ketones (excluding diaryl/α,β-unsaturated/α-hetero) is 1. The van der Waals surface area contributed by atoms with Gasteiger partial charge in [0.15, 0.2) is 5.78 Å². The van der Waals surface area contributed by atoms with Crippen LogP contribution in [-0.2, 0) is 9.57 Å². The third kappa shape index (κ3) is 4.38. The van der Waals surface area contributed by atoms with Crippen LogP contribution in [0.1, 0.15) is 29.4 Å². The van der Waals surface area contributed by atoms with Crippen molar-refractivity contribution in [3.63, 3.8) is 0 Å². The van der Waals surface area contributed by atoms with Crippen molar-refractivity contribution in [1.29, 1.82) is 0 Å². The highest BCUT2D eigenvalue weighted by Gasteiger charge is 2.32. The quantitative estimate of drug-likeness (QED) is 0.624. The molecule has 0 N–H and O–H groups in total. The standard InChI is InChI=1S/C20H20ClN3O4S/c1-13-22-27-11-10-23(13)14-2-4-15(5-3-14)24-12-16(28-20(24)26)6-7-17(25)18-8-9-19(21)29-18/h2-5,8-9,16H,6-7,10-12H2,1H3/t16-/m0/s1. The molecule has 1 saturated heterocycles. The Bertz CT molecular complexity index is 943. The van der Waals surface area contributed by atoms with E-state index < -0.39 is 6.09 Å². The van der Waals surface area contributed by atoms with Crippen LogP contribution >= 0.6 is 22.9 Å². The minimum absolute atomic E-state index is 0.0169. The molecule has 1 aromatic heterocycles. The second-order valence-electron chi connectivity index (χ2n) is 6.82. The zero-order chi connectivity index (χ0) is 20.4. The number of oxime groups is 1. The molecule has 4 rings (SSSR count). The number of carbonyl (C=O) groups is 2. The molecule has 152 valence electrons. The molecule has 0 radical (unpaired) electrons. The van der Waals surface area contributed by atoms with Crippen LogP contribution in [0.2, 0.25) is 4.34 Å². The van der Waals surface area contributed by atoms with Crippen molar-refractivity contribution in [1.82, 2.24) is 0 Å². The lowest BCUT2D eigenvalue weighted by Gasteiger charge is -2.27. The molecule has 3 heterocycles. The number of thiophene rings is 1. The normalized spacial score (nSPS) is 19.0. The van der Waals surface area contributed by atoms with Crippen LogP contribution in [0.25, 0.3) is 0 Å². The number of hydrogen-bond acceptors (Lipinski definition) is 7. The molecular formula is C20H20ClN3O4S. The second kappa shape index (κ2) is 8.42. The van der Waals surface area contributed by atoms with Gasteiger partial charge in [0.05, 0.1) is 22.3 Å². The average molecular weight is 434 g/mol. The summed E-state index contributed by atoms with van der Waals surface area (Å²) in [5, 5.41) is 3.99. The lowest BCUT2D eigenvalue weighted by molar-refractivity contribution is 0.0943. The molecule has 1 atom stereocenters. The number of cyclic esters (lactones) is 1. The van der Waals surface area contributed by atoms with E-state index in [1.165, 1.54) is 11.3 Å². The number of ether oxygens (including phenoxy) is 1. The van der Waals surface area contributed by atoms with Gasteiger partial charge in [-0.05, 0) is 49.7 Å². The summed E-state index contributed by atoms with van der Waals surface area (Å²) < 4.78 is 6.04. The summed E-state index contributed by atoms with van der Waals surface area (Å²) in [6.45, 7) is 3.58. The minimum atomic E-state index is -0.390. The Morgan fingerprint density at radius 3 is 2.59 bits per heavy atom. The molecule has 2 aliphatic heterocycles. The third-order valence-electron chi connectivity index (χ3n) is 4.88. The van der Waals surface area contributed by atoms with E-state index >= 15 is 0 Å². The maximum Gasteiger partial charge on any atom is 0.414 e. The lowest BCUT2D eigenvalue weighted by Crippen LogP contribution is -2.35. The van der Waals surface area contributed by atoms with E-state index in [9.17, 15) is 9.59 Å². The number of amidine groups is 1. The van der Waals surface area contributed by atoms with Gasteiger partial charge in [0.1, 0.15) is 18.5 Å². The van der Waals surface area contributed by atoms with Crippen LogP contribution in [0.5, 0.6) is 0 Å². The smallest absolute Gasteiger partial charge is 0.414 e. The van der Waals surface area contributed by atoms with Crippen molar-refractivity contribution in [2.24, 2.45) is 5.16 Å². The molecule has 1 fully saturated rings. The van der Waals surface area contributed by atoms with Crippen molar-refractivity contribution >= 4 is 52.0 Å². The molecule has 1 aromatic carbocycles. The van der Waals surface area contributed by atoms with Crippen molar-refractivity contribution in [2.75, 3.05) is 29.5 Å². The van der Waals surface area contributed by atoms with Crippen LogP contribution in [0, 0.1) is 0 Å². The molecule has 29 heavy (non-hydrogen) atoms. The number of carbonyl (C=O) groups excluding carboxylic acids is 2. The molecule has 9 heteroatoms. The monoisotopic (exact) mass is 433 g/mol. The Kier molecular flexibility index (Phi) is 5.73. The molecule has 2 aliphatic rings. The highest BCUT2D eigenvalue weighted by molar-refractivity contribution is 7.18. The molecular weight excluding hydrogens is 414 g/mol. The number of amides is 1. The minimum Gasteiger partial charge on any atom is -0.444 e. The highest BCUT2D eigenvalue weighted by Crippen LogP contribution is 2.28. The molecule has 2 aromatic rings. The van der Waals surface area contributed by atoms with Crippen LogP contribution in [0.3, 0.4) is 0 Å². The molecule has 1 amide bonds. The van der Waals surface area contributed by atoms with E-state index in [2.05, 4.69) is 10.1 Å². The first-order valence-electron chi connectivity index (χ1n) is 9.32. The molecule has 0 bridgehead atoms. The average Bonchev–Trinajstić information content (AvgIpc) is 3.32. The summed E-state index contributed by atoms with van der Waals surface area (Å²) in [6.07, 6.45) is 0.101. The second-order valence-corrected chi connectivity index (χ2v) is 8.54. The summed E-state index contributed by atoms with van der Waals surface area (Å²) in [5.74, 6) is 0.810. The summed E-state index contributed by atoms with van der Waals surface area (Å²) in [4.78, 5) is 33.9. The van der Waals surface area contributed by atoms with Gasteiger partial charge in [-0.3, -0.25) is 9.69 Å². The Labute approximate surface area is 177 Å². The van der Waals surface area contributed by atoms with Crippen molar-refractivity contribution in [3.05, 3.63) is 45.6 Å². The molecule has 0 saturated carbocycles. The first kappa shape index (κ1) is 19.7. The number of halogens is 1. The van der Waals surface area contributed by atoms with Crippen molar-refractivity contribution < 1.29 is 19.2 Å². The molecule has 0 aliphatic carbocycles. The number of rotatable bonds is 6. The van der Waals surface area contributed by atoms with Crippen LogP contribution < -0.4 is 9.80 Å². The lowest BCUT2D eigenvalue weighted by atomic mass is 10.1. The highest BCUT2D eigenvalue weighted by atomic mass is 35.5. The SMILES string of the molecule is CC1=NOCCN1c1ccc(N2C[C@H](CCC(=O)c3ccc(Cl)s3)OC2=O)cc1. The maximum absolute atomic E-state index is 12.3. The van der Waals surface area contributed by atoms with E-state index in [4.69, 9.17) is 21.2 Å². The van der Waals surface area contributed by atoms with Crippen LogP contribution in [0.15, 0.2) is 41.6 Å². The van der Waals surface area contributed by atoms with Gasteiger partial charge in [-0.1, -0.05) is 16.8 Å². The largest absolute Gasteiger partial charge is 0.444 e. The topological polar surface area (TPSA) is 71.4 Å². The van der Waals surface area contributed by atoms with Crippen LogP contribution in [0.4, 0.5) is 16.2 Å². The summed E-state index contributed by atoms with van der Waals surface area (Å²) in [7, 11) is 0. The van der Waals surface area contributed by atoms with Crippen LogP contribution in [-0.4, -0.2) is 43.5 Å². The van der Waals surface area contributed by atoms with Gasteiger partial charge in [-0.2, -0.15) is 0 Å². The first-order chi connectivity index (χ1) is 14.0. The third-order valence-corrected chi connectivity index (χ3v) is 6.15. The Hall–Kier alpha value is -2.58. The van der Waals surface area contributed by atoms with Gasteiger partial charge in [0.25, 0.3) is 0 Å². The molecule has 7 nitrogen and oxygen atoms in total.